The van der Waals surface area contributed by atoms with E-state index >= 15 is 0 Å². The van der Waals surface area contributed by atoms with Gasteiger partial charge in [-0.1, -0.05) is 36.8 Å². The second-order valence-corrected chi connectivity index (χ2v) is 10.2. The summed E-state index contributed by atoms with van der Waals surface area (Å²) >= 11 is 0. The summed E-state index contributed by atoms with van der Waals surface area (Å²) < 4.78 is 0. The van der Waals surface area contributed by atoms with Crippen LogP contribution < -0.4 is 4.90 Å². The highest BCUT2D eigenvalue weighted by atomic mass is 16.3. The van der Waals surface area contributed by atoms with Gasteiger partial charge in [-0.05, 0) is 96.2 Å². The highest BCUT2D eigenvalue weighted by molar-refractivity contribution is 6.05. The zero-order valence-electron chi connectivity index (χ0n) is 17.5. The molecule has 7 rings (SSSR count). The van der Waals surface area contributed by atoms with Crippen molar-refractivity contribution in [2.75, 3.05) is 18.0 Å². The Hall–Kier alpha value is -2.48. The average Bonchev–Trinajstić information content (AvgIpc) is 3.48. The number of hydrogen-bond donors (Lipinski definition) is 1. The molecule has 3 unspecified atom stereocenters. The first-order valence-electron chi connectivity index (χ1n) is 11.9. The second kappa shape index (κ2) is 6.03. The van der Waals surface area contributed by atoms with E-state index in [1.54, 1.807) is 5.56 Å². The maximum absolute atomic E-state index is 11.0. The molecular weight excluding hydrogens is 366 g/mol. The van der Waals surface area contributed by atoms with E-state index in [0.717, 1.165) is 17.2 Å². The first-order valence-corrected chi connectivity index (χ1v) is 11.9. The second-order valence-electron chi connectivity index (χ2n) is 10.2. The third-order valence-corrected chi connectivity index (χ3v) is 8.83. The fourth-order valence-electron chi connectivity index (χ4n) is 7.60. The molecule has 0 radical (unpaired) electrons. The van der Waals surface area contributed by atoms with Crippen LogP contribution in [0.15, 0.2) is 48.5 Å². The lowest BCUT2D eigenvalue weighted by molar-refractivity contribution is 0.326. The fourth-order valence-corrected chi connectivity index (χ4v) is 7.60. The van der Waals surface area contributed by atoms with Gasteiger partial charge in [0.05, 0.1) is 0 Å². The van der Waals surface area contributed by atoms with Gasteiger partial charge in [0.2, 0.25) is 0 Å². The Morgan fingerprint density at radius 3 is 2.47 bits per heavy atom. The molecule has 3 atom stereocenters. The van der Waals surface area contributed by atoms with Crippen LogP contribution in [0.25, 0.3) is 21.9 Å². The van der Waals surface area contributed by atoms with Crippen LogP contribution in [-0.4, -0.2) is 18.2 Å². The first-order chi connectivity index (χ1) is 14.8. The lowest BCUT2D eigenvalue weighted by atomic mass is 9.66. The summed E-state index contributed by atoms with van der Waals surface area (Å²) in [5.74, 6) is 2.02. The molecule has 3 aromatic rings. The number of aromatic hydroxyl groups is 1. The Morgan fingerprint density at radius 2 is 1.70 bits per heavy atom. The Balaban J connectivity index is 1.51. The summed E-state index contributed by atoms with van der Waals surface area (Å²) in [6, 6.07) is 17.9. The molecule has 30 heavy (non-hydrogen) atoms. The third-order valence-electron chi connectivity index (χ3n) is 8.83. The van der Waals surface area contributed by atoms with E-state index in [-0.39, 0.29) is 5.41 Å². The van der Waals surface area contributed by atoms with Gasteiger partial charge in [-0.25, -0.2) is 0 Å². The van der Waals surface area contributed by atoms with Gasteiger partial charge < -0.3 is 10.0 Å². The quantitative estimate of drug-likeness (QED) is 0.500. The standard InChI is InChI=1S/C28H29NO/c30-26-16-25-27(22-7-3-2-6-21(22)26)23-11-10-20(29-12-4-1-5-13-29)15-24(23)28(25)17-18-8-9-19(28)14-18/h2-3,6-7,10-11,15-16,18-19,30H,1,4-5,8-9,12-14,17H2. The number of nitrogens with zero attached hydrogens (tertiary/aromatic N) is 1. The predicted molar refractivity (Wildman–Crippen MR) is 123 cm³/mol. The topological polar surface area (TPSA) is 23.5 Å². The Labute approximate surface area is 178 Å². The molecule has 1 heterocycles. The van der Waals surface area contributed by atoms with E-state index in [0.29, 0.717) is 5.75 Å². The molecule has 4 aliphatic rings. The number of piperidine rings is 1. The van der Waals surface area contributed by atoms with Gasteiger partial charge in [-0.15, -0.1) is 0 Å². The van der Waals surface area contributed by atoms with Crippen molar-refractivity contribution < 1.29 is 5.11 Å². The molecule has 0 aromatic heterocycles. The molecule has 3 aliphatic carbocycles. The van der Waals surface area contributed by atoms with Gasteiger partial charge >= 0.3 is 0 Å². The highest BCUT2D eigenvalue weighted by Gasteiger charge is 2.57. The largest absolute Gasteiger partial charge is 0.507 e. The smallest absolute Gasteiger partial charge is 0.123 e. The fraction of sp³-hybridized carbons (Fsp3) is 0.429. The van der Waals surface area contributed by atoms with Crippen molar-refractivity contribution in [1.82, 2.24) is 0 Å². The van der Waals surface area contributed by atoms with E-state index < -0.39 is 0 Å². The van der Waals surface area contributed by atoms with Crippen molar-refractivity contribution in [1.29, 1.82) is 0 Å². The van der Waals surface area contributed by atoms with Crippen molar-refractivity contribution in [2.24, 2.45) is 11.8 Å². The number of hydrogen-bond acceptors (Lipinski definition) is 2. The molecule has 0 amide bonds. The first kappa shape index (κ1) is 17.2. The lowest BCUT2D eigenvalue weighted by Gasteiger charge is -2.37. The molecule has 1 spiro atoms. The molecule has 1 saturated heterocycles. The van der Waals surface area contributed by atoms with Crippen LogP contribution in [0.2, 0.25) is 0 Å². The third kappa shape index (κ3) is 2.10. The van der Waals surface area contributed by atoms with Crippen LogP contribution in [0.4, 0.5) is 5.69 Å². The van der Waals surface area contributed by atoms with Crippen molar-refractivity contribution in [2.45, 2.75) is 50.4 Å². The van der Waals surface area contributed by atoms with Gasteiger partial charge in [-0.3, -0.25) is 0 Å². The monoisotopic (exact) mass is 395 g/mol. The van der Waals surface area contributed by atoms with Crippen molar-refractivity contribution >= 4 is 16.5 Å². The van der Waals surface area contributed by atoms with Crippen LogP contribution in [0.5, 0.6) is 5.75 Å². The van der Waals surface area contributed by atoms with Gasteiger partial charge in [0.25, 0.3) is 0 Å². The minimum absolute atomic E-state index is 0.112. The Bertz CT molecular complexity index is 1170. The zero-order valence-corrected chi connectivity index (χ0v) is 17.5. The van der Waals surface area contributed by atoms with Gasteiger partial charge in [0.1, 0.15) is 5.75 Å². The zero-order chi connectivity index (χ0) is 19.9. The van der Waals surface area contributed by atoms with Gasteiger partial charge in [0, 0.05) is 29.6 Å². The van der Waals surface area contributed by atoms with Crippen molar-refractivity contribution in [3.63, 3.8) is 0 Å². The van der Waals surface area contributed by atoms with Crippen molar-refractivity contribution in [3.8, 4) is 16.9 Å². The molecule has 1 N–H and O–H groups in total. The number of phenols is 1. The number of fused-ring (bicyclic) bond motifs is 10. The summed E-state index contributed by atoms with van der Waals surface area (Å²) in [4.78, 5) is 2.60. The maximum atomic E-state index is 11.0. The van der Waals surface area contributed by atoms with Crippen LogP contribution in [0.1, 0.15) is 56.1 Å². The molecule has 2 saturated carbocycles. The number of rotatable bonds is 1. The van der Waals surface area contributed by atoms with E-state index in [9.17, 15) is 5.11 Å². The van der Waals surface area contributed by atoms with Crippen LogP contribution >= 0.6 is 0 Å². The molecule has 3 fully saturated rings. The van der Waals surface area contributed by atoms with E-state index in [1.165, 1.54) is 85.8 Å². The van der Waals surface area contributed by atoms with E-state index in [1.807, 2.05) is 6.07 Å². The molecule has 3 aromatic carbocycles. The Morgan fingerprint density at radius 1 is 0.867 bits per heavy atom. The summed E-state index contributed by atoms with van der Waals surface area (Å²) in [6.07, 6.45) is 9.34. The summed E-state index contributed by atoms with van der Waals surface area (Å²) in [5.41, 5.74) is 7.32. The minimum Gasteiger partial charge on any atom is -0.507 e. The highest BCUT2D eigenvalue weighted by Crippen LogP contribution is 2.67. The van der Waals surface area contributed by atoms with Gasteiger partial charge in [0.15, 0.2) is 0 Å². The SMILES string of the molecule is Oc1cc2c(c3ccccc13)-c1ccc(N3CCCCC3)cc1C21CC2CCC1C2. The van der Waals surface area contributed by atoms with Crippen LogP contribution in [-0.2, 0) is 5.41 Å². The van der Waals surface area contributed by atoms with Gasteiger partial charge in [-0.2, -0.15) is 0 Å². The predicted octanol–water partition coefficient (Wildman–Crippen LogP) is 6.62. The summed E-state index contributed by atoms with van der Waals surface area (Å²) in [6.45, 7) is 2.38. The number of anilines is 1. The number of benzene rings is 3. The lowest BCUT2D eigenvalue weighted by Crippen LogP contribution is -2.33. The molecular formula is C28H29NO. The van der Waals surface area contributed by atoms with Crippen LogP contribution in [0, 0.1) is 11.8 Å². The normalized spacial score (nSPS) is 29.0. The maximum Gasteiger partial charge on any atom is 0.123 e. The molecule has 2 heteroatoms. The molecule has 1 aliphatic heterocycles. The Kier molecular flexibility index (Phi) is 3.46. The summed E-state index contributed by atoms with van der Waals surface area (Å²) in [5, 5.41) is 13.2. The molecule has 2 nitrogen and oxygen atoms in total. The van der Waals surface area contributed by atoms with E-state index in [2.05, 4.69) is 47.4 Å². The van der Waals surface area contributed by atoms with Crippen molar-refractivity contribution in [3.05, 3.63) is 59.7 Å². The van der Waals surface area contributed by atoms with E-state index in [4.69, 9.17) is 0 Å². The number of phenolic OH excluding ortho intramolecular Hbond substituents is 1. The summed E-state index contributed by atoms with van der Waals surface area (Å²) in [7, 11) is 0. The minimum atomic E-state index is 0.112. The molecule has 2 bridgehead atoms. The average molecular weight is 396 g/mol. The molecule has 152 valence electrons. The van der Waals surface area contributed by atoms with Crippen LogP contribution in [0.3, 0.4) is 0 Å².